The van der Waals surface area contributed by atoms with Gasteiger partial charge in [0.05, 0.1) is 10.8 Å². The summed E-state index contributed by atoms with van der Waals surface area (Å²) in [6, 6.07) is 4.23. The molecule has 1 aromatic carbocycles. The van der Waals surface area contributed by atoms with Crippen LogP contribution in [-0.4, -0.2) is 65.8 Å². The summed E-state index contributed by atoms with van der Waals surface area (Å²) in [6.45, 7) is 1.30. The Bertz CT molecular complexity index is 692. The summed E-state index contributed by atoms with van der Waals surface area (Å²) in [6.07, 6.45) is 0. The largest absolute Gasteiger partial charge is 0.340 e. The van der Waals surface area contributed by atoms with E-state index in [1.165, 1.54) is 34.3 Å². The van der Waals surface area contributed by atoms with Gasteiger partial charge in [0, 0.05) is 30.3 Å². The normalized spacial score (nSPS) is 23.2. The van der Waals surface area contributed by atoms with Gasteiger partial charge in [0.25, 0.3) is 0 Å². The molecule has 2 aliphatic heterocycles. The van der Waals surface area contributed by atoms with E-state index in [1.54, 1.807) is 16.7 Å². The van der Waals surface area contributed by atoms with Crippen LogP contribution in [0.3, 0.4) is 0 Å². The maximum atomic E-state index is 13.4. The minimum absolute atomic E-state index is 0.105. The summed E-state index contributed by atoms with van der Waals surface area (Å²) in [4.78, 5) is 14.3. The minimum Gasteiger partial charge on any atom is -0.340 e. The molecule has 0 saturated carbocycles. The summed E-state index contributed by atoms with van der Waals surface area (Å²) < 4.78 is 40.1. The van der Waals surface area contributed by atoms with Gasteiger partial charge in [0.1, 0.15) is 11.9 Å². The molecule has 1 amide bonds. The van der Waals surface area contributed by atoms with Crippen LogP contribution in [0, 0.1) is 5.82 Å². The molecular weight excluding hydrogens is 359 g/mol. The van der Waals surface area contributed by atoms with Crippen molar-refractivity contribution in [2.45, 2.75) is 10.9 Å². The van der Waals surface area contributed by atoms with E-state index < -0.39 is 21.9 Å². The lowest BCUT2D eigenvalue weighted by molar-refractivity contribution is -0.133. The standard InChI is InChI=1S/C14H17FN2O3S3/c15-11-2-1-3-12(8-11)23(19,20)17-10-22-9-13(17)14(18)16-4-6-21-7-5-16/h1-3,8,13H,4-7,9-10H2/t13-/m0/s1. The van der Waals surface area contributed by atoms with Gasteiger partial charge in [-0.25, -0.2) is 12.8 Å². The van der Waals surface area contributed by atoms with Gasteiger partial charge in [-0.3, -0.25) is 4.79 Å². The number of nitrogens with zero attached hydrogens (tertiary/aromatic N) is 2. The molecule has 0 bridgehead atoms. The Labute approximate surface area is 143 Å². The average molecular weight is 377 g/mol. The Balaban J connectivity index is 1.84. The highest BCUT2D eigenvalue weighted by Crippen LogP contribution is 2.30. The number of hydrogen-bond donors (Lipinski definition) is 0. The number of benzene rings is 1. The van der Waals surface area contributed by atoms with Crippen molar-refractivity contribution in [2.24, 2.45) is 0 Å². The molecule has 2 fully saturated rings. The summed E-state index contributed by atoms with van der Waals surface area (Å²) in [5.41, 5.74) is 0. The lowest BCUT2D eigenvalue weighted by atomic mass is 10.3. The smallest absolute Gasteiger partial charge is 0.244 e. The van der Waals surface area contributed by atoms with Crippen molar-refractivity contribution < 1.29 is 17.6 Å². The van der Waals surface area contributed by atoms with E-state index in [0.29, 0.717) is 18.8 Å². The number of sulfonamides is 1. The van der Waals surface area contributed by atoms with Crippen molar-refractivity contribution in [1.82, 2.24) is 9.21 Å². The van der Waals surface area contributed by atoms with Gasteiger partial charge in [-0.05, 0) is 18.2 Å². The van der Waals surface area contributed by atoms with Gasteiger partial charge in [-0.2, -0.15) is 16.1 Å². The minimum atomic E-state index is -3.87. The first kappa shape index (κ1) is 17.1. The van der Waals surface area contributed by atoms with Gasteiger partial charge >= 0.3 is 0 Å². The van der Waals surface area contributed by atoms with Gasteiger partial charge in [-0.15, -0.1) is 11.8 Å². The molecule has 0 N–H and O–H groups in total. The van der Waals surface area contributed by atoms with Crippen molar-refractivity contribution in [1.29, 1.82) is 0 Å². The van der Waals surface area contributed by atoms with E-state index in [-0.39, 0.29) is 16.7 Å². The molecular formula is C14H17FN2O3S3. The molecule has 2 heterocycles. The molecule has 0 aromatic heterocycles. The third kappa shape index (κ3) is 3.52. The maximum Gasteiger partial charge on any atom is 0.244 e. The van der Waals surface area contributed by atoms with Gasteiger partial charge in [-0.1, -0.05) is 6.07 Å². The third-order valence-electron chi connectivity index (χ3n) is 3.85. The molecule has 5 nitrogen and oxygen atoms in total. The summed E-state index contributed by atoms with van der Waals surface area (Å²) >= 11 is 3.20. The molecule has 0 unspecified atom stereocenters. The van der Waals surface area contributed by atoms with E-state index in [0.717, 1.165) is 17.6 Å². The summed E-state index contributed by atoms with van der Waals surface area (Å²) in [5, 5.41) is 0. The van der Waals surface area contributed by atoms with E-state index in [1.807, 2.05) is 0 Å². The fourth-order valence-corrected chi connectivity index (χ4v) is 6.69. The molecule has 1 atom stereocenters. The number of amides is 1. The van der Waals surface area contributed by atoms with E-state index in [4.69, 9.17) is 0 Å². The first-order valence-electron chi connectivity index (χ1n) is 7.22. The highest BCUT2D eigenvalue weighted by molar-refractivity contribution is 8.00. The molecule has 0 aliphatic carbocycles. The zero-order valence-electron chi connectivity index (χ0n) is 12.4. The van der Waals surface area contributed by atoms with Crippen LogP contribution in [0.5, 0.6) is 0 Å². The van der Waals surface area contributed by atoms with Crippen molar-refractivity contribution in [3.63, 3.8) is 0 Å². The van der Waals surface area contributed by atoms with Gasteiger partial charge in [0.2, 0.25) is 15.9 Å². The van der Waals surface area contributed by atoms with Crippen LogP contribution in [-0.2, 0) is 14.8 Å². The Morgan fingerprint density at radius 3 is 2.65 bits per heavy atom. The Morgan fingerprint density at radius 1 is 1.22 bits per heavy atom. The first-order valence-corrected chi connectivity index (χ1v) is 11.0. The third-order valence-corrected chi connectivity index (χ3v) is 7.82. The fourth-order valence-electron chi connectivity index (χ4n) is 2.62. The SMILES string of the molecule is O=C([C@@H]1CSCN1S(=O)(=O)c1cccc(F)c1)N1CCSCC1. The van der Waals surface area contributed by atoms with Crippen molar-refractivity contribution in [3.05, 3.63) is 30.1 Å². The molecule has 9 heteroatoms. The lowest BCUT2D eigenvalue weighted by Gasteiger charge is -2.31. The van der Waals surface area contributed by atoms with Crippen LogP contribution in [0.2, 0.25) is 0 Å². The molecule has 0 spiro atoms. The number of rotatable bonds is 3. The van der Waals surface area contributed by atoms with Gasteiger partial charge in [0.15, 0.2) is 0 Å². The Kier molecular flexibility index (Phi) is 5.19. The fraction of sp³-hybridized carbons (Fsp3) is 0.500. The monoisotopic (exact) mass is 376 g/mol. The lowest BCUT2D eigenvalue weighted by Crippen LogP contribution is -2.51. The predicted molar refractivity (Wildman–Crippen MR) is 90.4 cm³/mol. The van der Waals surface area contributed by atoms with Crippen molar-refractivity contribution in [3.8, 4) is 0 Å². The summed E-state index contributed by atoms with van der Waals surface area (Å²) in [5.74, 6) is 1.67. The molecule has 2 saturated heterocycles. The number of halogens is 1. The van der Waals surface area contributed by atoms with E-state index >= 15 is 0 Å². The maximum absolute atomic E-state index is 13.4. The highest BCUT2D eigenvalue weighted by atomic mass is 32.2. The van der Waals surface area contributed by atoms with E-state index in [9.17, 15) is 17.6 Å². The predicted octanol–water partition coefficient (Wildman–Crippen LogP) is 1.46. The number of carbonyl (C=O) groups excluding carboxylic acids is 1. The molecule has 3 rings (SSSR count). The molecule has 126 valence electrons. The zero-order chi connectivity index (χ0) is 16.4. The van der Waals surface area contributed by atoms with Crippen LogP contribution in [0.15, 0.2) is 29.2 Å². The van der Waals surface area contributed by atoms with Crippen LogP contribution < -0.4 is 0 Å². The van der Waals surface area contributed by atoms with Gasteiger partial charge < -0.3 is 4.90 Å². The van der Waals surface area contributed by atoms with Crippen molar-refractivity contribution >= 4 is 39.5 Å². The zero-order valence-corrected chi connectivity index (χ0v) is 14.8. The Hall–Kier alpha value is -0.770. The summed E-state index contributed by atoms with van der Waals surface area (Å²) in [7, 11) is -3.87. The topological polar surface area (TPSA) is 57.7 Å². The number of carbonyl (C=O) groups is 1. The highest BCUT2D eigenvalue weighted by Gasteiger charge is 2.41. The molecule has 0 radical (unpaired) electrons. The van der Waals surface area contributed by atoms with Crippen LogP contribution in [0.1, 0.15) is 0 Å². The second-order valence-corrected chi connectivity index (χ2v) is 9.42. The quantitative estimate of drug-likeness (QED) is 0.800. The van der Waals surface area contributed by atoms with E-state index in [2.05, 4.69) is 0 Å². The average Bonchev–Trinajstić information content (AvgIpc) is 3.05. The molecule has 1 aromatic rings. The van der Waals surface area contributed by atoms with Crippen LogP contribution >= 0.6 is 23.5 Å². The second-order valence-electron chi connectivity index (χ2n) is 5.30. The Morgan fingerprint density at radius 2 is 1.96 bits per heavy atom. The molecule has 23 heavy (non-hydrogen) atoms. The van der Waals surface area contributed by atoms with Crippen LogP contribution in [0.25, 0.3) is 0 Å². The molecule has 2 aliphatic rings. The second kappa shape index (κ2) is 7.00. The number of hydrogen-bond acceptors (Lipinski definition) is 5. The number of thioether (sulfide) groups is 2. The first-order chi connectivity index (χ1) is 11.0. The van der Waals surface area contributed by atoms with Crippen molar-refractivity contribution in [2.75, 3.05) is 36.2 Å². The van der Waals surface area contributed by atoms with Crippen LogP contribution in [0.4, 0.5) is 4.39 Å².